The Bertz CT molecular complexity index is 1260. The number of alkyl halides is 3. The Morgan fingerprint density at radius 1 is 1.23 bits per heavy atom. The predicted molar refractivity (Wildman–Crippen MR) is 139 cm³/mol. The average molecular weight is 568 g/mol. The molecule has 0 saturated carbocycles. The largest absolute Gasteiger partial charge is 0.493 e. The normalized spacial score (nSPS) is 17.3. The molecule has 2 aromatic rings. The smallest absolute Gasteiger partial charge is 0.424 e. The summed E-state index contributed by atoms with van der Waals surface area (Å²) in [7, 11) is 1.32. The fourth-order valence-corrected chi connectivity index (χ4v) is 3.86. The number of pyridine rings is 1. The molecule has 12 heteroatoms. The van der Waals surface area contributed by atoms with Gasteiger partial charge in [-0.05, 0) is 68.8 Å². The molecule has 1 saturated heterocycles. The molecule has 0 radical (unpaired) electrons. The van der Waals surface area contributed by atoms with Crippen molar-refractivity contribution in [2.24, 2.45) is 0 Å². The molecule has 0 spiro atoms. The highest BCUT2D eigenvalue weighted by Gasteiger charge is 2.56. The predicted octanol–water partition coefficient (Wildman–Crippen LogP) is 3.66. The monoisotopic (exact) mass is 567 g/mol. The molecule has 1 aromatic heterocycles. The molecule has 1 fully saturated rings. The van der Waals surface area contributed by atoms with E-state index in [-0.39, 0.29) is 35.3 Å². The summed E-state index contributed by atoms with van der Waals surface area (Å²) < 4.78 is 67.2. The van der Waals surface area contributed by atoms with Crippen molar-refractivity contribution in [3.63, 3.8) is 0 Å². The third kappa shape index (κ3) is 7.38. The Kier molecular flexibility index (Phi) is 9.93. The summed E-state index contributed by atoms with van der Waals surface area (Å²) in [6, 6.07) is 7.92. The first-order valence-electron chi connectivity index (χ1n) is 12.6. The summed E-state index contributed by atoms with van der Waals surface area (Å²) in [4.78, 5) is 16.9. The Balaban J connectivity index is 1.93. The number of hydrogen-bond acceptors (Lipinski definition) is 7. The van der Waals surface area contributed by atoms with Crippen LogP contribution in [0.1, 0.15) is 37.9 Å². The van der Waals surface area contributed by atoms with E-state index >= 15 is 0 Å². The van der Waals surface area contributed by atoms with Gasteiger partial charge in [0.15, 0.2) is 5.76 Å². The van der Waals surface area contributed by atoms with Crippen LogP contribution in [0.5, 0.6) is 0 Å². The lowest BCUT2D eigenvalue weighted by Crippen LogP contribution is -2.52. The maximum atomic E-state index is 14.4. The number of methoxy groups -OCH3 is 1. The molecule has 1 amide bonds. The van der Waals surface area contributed by atoms with Gasteiger partial charge in [0.2, 0.25) is 11.5 Å². The molecule has 3 rings (SSSR count). The van der Waals surface area contributed by atoms with Crippen LogP contribution < -0.4 is 10.6 Å². The molecule has 40 heavy (non-hydrogen) atoms. The molecule has 1 aromatic carbocycles. The Morgan fingerprint density at radius 3 is 2.40 bits per heavy atom. The van der Waals surface area contributed by atoms with Crippen molar-refractivity contribution in [2.45, 2.75) is 44.6 Å². The SMILES string of the molecule is COC(C=C(C)C(=O)NCC(O)(c1cc(C2CNC2)cc(-c2ccc(F)cc2)n1)C(F)(F)F)=C(C)OCC(C)O. The highest BCUT2D eigenvalue weighted by Crippen LogP contribution is 2.40. The van der Waals surface area contributed by atoms with Crippen molar-refractivity contribution in [1.29, 1.82) is 0 Å². The van der Waals surface area contributed by atoms with E-state index in [1.807, 2.05) is 0 Å². The van der Waals surface area contributed by atoms with Crippen molar-refractivity contribution in [1.82, 2.24) is 15.6 Å². The molecule has 218 valence electrons. The van der Waals surface area contributed by atoms with E-state index in [0.29, 0.717) is 24.2 Å². The van der Waals surface area contributed by atoms with Gasteiger partial charge in [-0.1, -0.05) is 0 Å². The van der Waals surface area contributed by atoms with Gasteiger partial charge in [0.25, 0.3) is 0 Å². The zero-order valence-electron chi connectivity index (χ0n) is 22.6. The first-order valence-corrected chi connectivity index (χ1v) is 12.6. The van der Waals surface area contributed by atoms with Crippen LogP contribution in [-0.4, -0.2) is 66.7 Å². The van der Waals surface area contributed by atoms with Gasteiger partial charge in [0, 0.05) is 30.1 Å². The van der Waals surface area contributed by atoms with Crippen LogP contribution in [0.4, 0.5) is 17.6 Å². The first kappa shape index (κ1) is 31.1. The van der Waals surface area contributed by atoms with Gasteiger partial charge in [0.05, 0.1) is 31.1 Å². The maximum absolute atomic E-state index is 14.4. The maximum Gasteiger partial charge on any atom is 0.424 e. The molecular formula is C28H33F4N3O5. The topological polar surface area (TPSA) is 113 Å². The van der Waals surface area contributed by atoms with Gasteiger partial charge in [0.1, 0.15) is 18.2 Å². The van der Waals surface area contributed by atoms with Crippen LogP contribution in [0.25, 0.3) is 11.3 Å². The number of carbonyl (C=O) groups excluding carboxylic acids is 1. The van der Waals surface area contributed by atoms with Gasteiger partial charge in [-0.15, -0.1) is 0 Å². The number of amides is 1. The van der Waals surface area contributed by atoms with E-state index in [0.717, 1.165) is 0 Å². The van der Waals surface area contributed by atoms with Gasteiger partial charge < -0.3 is 30.3 Å². The number of aliphatic hydroxyl groups excluding tert-OH is 1. The number of allylic oxidation sites excluding steroid dienone is 2. The van der Waals surface area contributed by atoms with E-state index in [2.05, 4.69) is 15.6 Å². The van der Waals surface area contributed by atoms with Crippen LogP contribution in [0, 0.1) is 5.82 Å². The lowest BCUT2D eigenvalue weighted by molar-refractivity contribution is -0.265. The first-order chi connectivity index (χ1) is 18.7. The average Bonchev–Trinajstić information content (AvgIpc) is 2.87. The van der Waals surface area contributed by atoms with E-state index in [1.165, 1.54) is 57.4 Å². The Morgan fingerprint density at radius 2 is 1.88 bits per heavy atom. The van der Waals surface area contributed by atoms with E-state index < -0.39 is 41.8 Å². The minimum Gasteiger partial charge on any atom is -0.493 e. The fraction of sp³-hybridized carbons (Fsp3) is 0.429. The molecular weight excluding hydrogens is 534 g/mol. The highest BCUT2D eigenvalue weighted by molar-refractivity contribution is 5.93. The summed E-state index contributed by atoms with van der Waals surface area (Å²) >= 11 is 0. The van der Waals surface area contributed by atoms with Crippen LogP contribution in [-0.2, 0) is 19.9 Å². The number of benzene rings is 1. The third-order valence-corrected chi connectivity index (χ3v) is 6.45. The number of ether oxygens (including phenoxy) is 2. The molecule has 2 atom stereocenters. The fourth-order valence-electron chi connectivity index (χ4n) is 3.86. The van der Waals surface area contributed by atoms with Crippen molar-refractivity contribution >= 4 is 5.91 Å². The van der Waals surface area contributed by atoms with E-state index in [4.69, 9.17) is 9.47 Å². The van der Waals surface area contributed by atoms with Gasteiger partial charge in [-0.2, -0.15) is 13.2 Å². The van der Waals surface area contributed by atoms with Gasteiger partial charge in [-0.3, -0.25) is 4.79 Å². The van der Waals surface area contributed by atoms with Crippen LogP contribution >= 0.6 is 0 Å². The number of aromatic nitrogens is 1. The van der Waals surface area contributed by atoms with E-state index in [9.17, 15) is 32.6 Å². The lowest BCUT2D eigenvalue weighted by atomic mass is 9.88. The Labute approximate surface area is 229 Å². The number of nitrogens with zero attached hydrogens (tertiary/aromatic N) is 1. The quantitative estimate of drug-likeness (QED) is 0.142. The third-order valence-electron chi connectivity index (χ3n) is 6.45. The number of carbonyl (C=O) groups is 1. The summed E-state index contributed by atoms with van der Waals surface area (Å²) in [5.74, 6) is -1.12. The second-order valence-electron chi connectivity index (χ2n) is 9.69. The molecule has 1 aliphatic heterocycles. The standard InChI is InChI=1S/C28H33F4N3O5/c1-16(9-24(39-4)18(3)40-14-17(2)36)26(37)34-15-27(38,28(30,31)32)25-11-20(21-12-33-13-21)10-23(35-25)19-5-7-22(29)8-6-19/h5-11,17,21,33,36,38H,12-15H2,1-4H3,(H,34,37). The van der Waals surface area contributed by atoms with E-state index in [1.54, 1.807) is 13.0 Å². The summed E-state index contributed by atoms with van der Waals surface area (Å²) in [6.07, 6.45) is -4.68. The molecule has 8 nitrogen and oxygen atoms in total. The minimum absolute atomic E-state index is 0.0179. The summed E-state index contributed by atoms with van der Waals surface area (Å²) in [5.41, 5.74) is -3.21. The number of hydrogen-bond donors (Lipinski definition) is 4. The van der Waals surface area contributed by atoms with Crippen molar-refractivity contribution in [3.8, 4) is 11.3 Å². The van der Waals surface area contributed by atoms with Crippen molar-refractivity contribution in [3.05, 3.63) is 76.6 Å². The van der Waals surface area contributed by atoms with Crippen LogP contribution in [0.15, 0.2) is 59.6 Å². The number of nitrogens with one attached hydrogen (secondary N) is 2. The number of rotatable bonds is 11. The van der Waals surface area contributed by atoms with Crippen molar-refractivity contribution < 1.29 is 42.0 Å². The zero-order chi connectivity index (χ0) is 29.7. The zero-order valence-corrected chi connectivity index (χ0v) is 22.6. The summed E-state index contributed by atoms with van der Waals surface area (Å²) in [6.45, 7) is 4.25. The second-order valence-corrected chi connectivity index (χ2v) is 9.69. The molecule has 2 unspecified atom stereocenters. The van der Waals surface area contributed by atoms with Gasteiger partial charge in [-0.25, -0.2) is 9.37 Å². The minimum atomic E-state index is -5.20. The molecule has 0 aliphatic carbocycles. The molecule has 1 aliphatic rings. The number of aliphatic hydroxyl groups is 2. The molecule has 4 N–H and O–H groups in total. The number of halogens is 4. The van der Waals surface area contributed by atoms with Crippen LogP contribution in [0.2, 0.25) is 0 Å². The highest BCUT2D eigenvalue weighted by atomic mass is 19.4. The summed E-state index contributed by atoms with van der Waals surface area (Å²) in [5, 5.41) is 25.6. The second kappa shape index (κ2) is 12.8. The van der Waals surface area contributed by atoms with Crippen LogP contribution in [0.3, 0.4) is 0 Å². The molecule has 0 bridgehead atoms. The van der Waals surface area contributed by atoms with Gasteiger partial charge >= 0.3 is 6.18 Å². The lowest BCUT2D eigenvalue weighted by Gasteiger charge is -2.33. The van der Waals surface area contributed by atoms with Crippen molar-refractivity contribution in [2.75, 3.05) is 33.4 Å². The Hall–Kier alpha value is -3.48. The molecule has 2 heterocycles.